The Kier molecular flexibility index (Phi) is 5.32. The standard InChI is InChI=1S/C17H21N3O4/c1-12-10-24-20-16(12)9-18-17(21)19-13-4-2-5-14(8-13)23-11-15-6-3-7-22-15/h2,4-5,8,10,15H,3,6-7,9,11H2,1H3,(H2,18,19,21). The number of anilines is 1. The molecule has 1 saturated heterocycles. The molecule has 1 atom stereocenters. The lowest BCUT2D eigenvalue weighted by atomic mass is 10.2. The third-order valence-corrected chi connectivity index (χ3v) is 3.82. The summed E-state index contributed by atoms with van der Waals surface area (Å²) >= 11 is 0. The maximum absolute atomic E-state index is 12.0. The second kappa shape index (κ2) is 7.83. The number of nitrogens with zero attached hydrogens (tertiary/aromatic N) is 1. The van der Waals surface area contributed by atoms with Crippen LogP contribution in [0, 0.1) is 6.92 Å². The van der Waals surface area contributed by atoms with Crippen LogP contribution in [0.4, 0.5) is 10.5 Å². The Morgan fingerprint density at radius 3 is 3.12 bits per heavy atom. The lowest BCUT2D eigenvalue weighted by Crippen LogP contribution is -2.28. The van der Waals surface area contributed by atoms with Crippen molar-refractivity contribution in [2.24, 2.45) is 0 Å². The number of carbonyl (C=O) groups excluding carboxylic acids is 1. The van der Waals surface area contributed by atoms with E-state index in [1.165, 1.54) is 0 Å². The van der Waals surface area contributed by atoms with E-state index in [4.69, 9.17) is 14.0 Å². The van der Waals surface area contributed by atoms with Crippen molar-refractivity contribution in [3.63, 3.8) is 0 Å². The van der Waals surface area contributed by atoms with Crippen LogP contribution < -0.4 is 15.4 Å². The van der Waals surface area contributed by atoms with Gasteiger partial charge in [-0.2, -0.15) is 0 Å². The SMILES string of the molecule is Cc1conc1CNC(=O)Nc1cccc(OCC2CCCO2)c1. The summed E-state index contributed by atoms with van der Waals surface area (Å²) in [7, 11) is 0. The van der Waals surface area contributed by atoms with Gasteiger partial charge in [0.15, 0.2) is 0 Å². The molecule has 0 aliphatic carbocycles. The van der Waals surface area contributed by atoms with Gasteiger partial charge in [0, 0.05) is 23.9 Å². The van der Waals surface area contributed by atoms with Gasteiger partial charge in [0.25, 0.3) is 0 Å². The Morgan fingerprint density at radius 2 is 2.38 bits per heavy atom. The summed E-state index contributed by atoms with van der Waals surface area (Å²) in [6, 6.07) is 6.98. The monoisotopic (exact) mass is 331 g/mol. The number of urea groups is 1. The van der Waals surface area contributed by atoms with E-state index in [1.54, 1.807) is 18.4 Å². The molecule has 1 aromatic carbocycles. The zero-order valence-electron chi connectivity index (χ0n) is 13.6. The minimum atomic E-state index is -0.311. The van der Waals surface area contributed by atoms with Crippen LogP contribution in [-0.4, -0.2) is 30.5 Å². The summed E-state index contributed by atoms with van der Waals surface area (Å²) < 4.78 is 16.1. The number of hydrogen-bond donors (Lipinski definition) is 2. The minimum absolute atomic E-state index is 0.163. The Balaban J connectivity index is 1.48. The number of amides is 2. The van der Waals surface area contributed by atoms with E-state index in [-0.39, 0.29) is 12.1 Å². The van der Waals surface area contributed by atoms with E-state index in [2.05, 4.69) is 15.8 Å². The molecule has 3 rings (SSSR count). The number of rotatable bonds is 6. The lowest BCUT2D eigenvalue weighted by Gasteiger charge is -2.12. The molecule has 0 bridgehead atoms. The molecule has 2 N–H and O–H groups in total. The van der Waals surface area contributed by atoms with E-state index in [0.717, 1.165) is 25.0 Å². The number of benzene rings is 1. The molecular weight excluding hydrogens is 310 g/mol. The number of aryl methyl sites for hydroxylation is 1. The zero-order chi connectivity index (χ0) is 16.8. The Morgan fingerprint density at radius 1 is 1.46 bits per heavy atom. The highest BCUT2D eigenvalue weighted by Gasteiger charge is 2.16. The van der Waals surface area contributed by atoms with Crippen LogP contribution in [0.2, 0.25) is 0 Å². The maximum atomic E-state index is 12.0. The van der Waals surface area contributed by atoms with Gasteiger partial charge in [-0.05, 0) is 31.9 Å². The first-order valence-corrected chi connectivity index (χ1v) is 8.00. The average molecular weight is 331 g/mol. The van der Waals surface area contributed by atoms with Crippen LogP contribution in [0.5, 0.6) is 5.75 Å². The first kappa shape index (κ1) is 16.3. The van der Waals surface area contributed by atoms with Crippen molar-refractivity contribution >= 4 is 11.7 Å². The van der Waals surface area contributed by atoms with Gasteiger partial charge in [-0.1, -0.05) is 11.2 Å². The predicted octanol–water partition coefficient (Wildman–Crippen LogP) is 2.86. The van der Waals surface area contributed by atoms with Crippen molar-refractivity contribution in [1.29, 1.82) is 0 Å². The van der Waals surface area contributed by atoms with Gasteiger partial charge in [0.05, 0.1) is 12.6 Å². The number of ether oxygens (including phenoxy) is 2. The first-order valence-electron chi connectivity index (χ1n) is 8.00. The second-order valence-electron chi connectivity index (χ2n) is 5.73. The van der Waals surface area contributed by atoms with Crippen LogP contribution in [0.1, 0.15) is 24.1 Å². The predicted molar refractivity (Wildman–Crippen MR) is 88.0 cm³/mol. The van der Waals surface area contributed by atoms with Gasteiger partial charge in [0.2, 0.25) is 0 Å². The molecule has 0 saturated carbocycles. The first-order chi connectivity index (χ1) is 11.7. The minimum Gasteiger partial charge on any atom is -0.491 e. The Labute approximate surface area is 140 Å². The molecular formula is C17H21N3O4. The summed E-state index contributed by atoms with van der Waals surface area (Å²) in [5.74, 6) is 0.704. The molecule has 2 amide bonds. The third kappa shape index (κ3) is 4.48. The van der Waals surface area contributed by atoms with Gasteiger partial charge in [-0.3, -0.25) is 0 Å². The lowest BCUT2D eigenvalue weighted by molar-refractivity contribution is 0.0680. The molecule has 1 fully saturated rings. The largest absolute Gasteiger partial charge is 0.491 e. The van der Waals surface area contributed by atoms with Crippen LogP contribution in [-0.2, 0) is 11.3 Å². The highest BCUT2D eigenvalue weighted by molar-refractivity contribution is 5.89. The van der Waals surface area contributed by atoms with Crippen LogP contribution in [0.3, 0.4) is 0 Å². The molecule has 7 heteroatoms. The topological polar surface area (TPSA) is 85.6 Å². The van der Waals surface area contributed by atoms with Gasteiger partial charge < -0.3 is 24.6 Å². The van der Waals surface area contributed by atoms with Gasteiger partial charge in [-0.15, -0.1) is 0 Å². The molecule has 1 aliphatic heterocycles. The third-order valence-electron chi connectivity index (χ3n) is 3.82. The summed E-state index contributed by atoms with van der Waals surface area (Å²) in [4.78, 5) is 12.0. The van der Waals surface area contributed by atoms with E-state index < -0.39 is 0 Å². The molecule has 24 heavy (non-hydrogen) atoms. The summed E-state index contributed by atoms with van der Waals surface area (Å²) in [6.45, 7) is 3.52. The van der Waals surface area contributed by atoms with Crippen molar-refractivity contribution in [2.45, 2.75) is 32.4 Å². The van der Waals surface area contributed by atoms with Crippen molar-refractivity contribution in [1.82, 2.24) is 10.5 Å². The van der Waals surface area contributed by atoms with Crippen LogP contribution >= 0.6 is 0 Å². The van der Waals surface area contributed by atoms with Crippen molar-refractivity contribution in [2.75, 3.05) is 18.5 Å². The number of aromatic nitrogens is 1. The van der Waals surface area contributed by atoms with E-state index in [9.17, 15) is 4.79 Å². The van der Waals surface area contributed by atoms with Gasteiger partial charge >= 0.3 is 6.03 Å². The Bertz CT molecular complexity index is 680. The molecule has 0 spiro atoms. The summed E-state index contributed by atoms with van der Waals surface area (Å²) in [5, 5.41) is 9.33. The van der Waals surface area contributed by atoms with E-state index in [0.29, 0.717) is 30.3 Å². The fourth-order valence-electron chi connectivity index (χ4n) is 2.45. The molecule has 1 aromatic heterocycles. The number of carbonyl (C=O) groups is 1. The maximum Gasteiger partial charge on any atom is 0.319 e. The quantitative estimate of drug-likeness (QED) is 0.850. The zero-order valence-corrected chi connectivity index (χ0v) is 13.6. The molecule has 7 nitrogen and oxygen atoms in total. The van der Waals surface area contributed by atoms with E-state index >= 15 is 0 Å². The van der Waals surface area contributed by atoms with Crippen molar-refractivity contribution < 1.29 is 18.8 Å². The van der Waals surface area contributed by atoms with Crippen molar-refractivity contribution in [3.05, 3.63) is 41.8 Å². The Hall–Kier alpha value is -2.54. The summed E-state index contributed by atoms with van der Waals surface area (Å²) in [5.41, 5.74) is 2.27. The van der Waals surface area contributed by atoms with Crippen molar-refractivity contribution in [3.8, 4) is 5.75 Å². The van der Waals surface area contributed by atoms with Gasteiger partial charge in [-0.25, -0.2) is 4.79 Å². The molecule has 2 heterocycles. The molecule has 0 radical (unpaired) electrons. The highest BCUT2D eigenvalue weighted by atomic mass is 16.5. The number of nitrogens with one attached hydrogen (secondary N) is 2. The fourth-order valence-corrected chi connectivity index (χ4v) is 2.45. The highest BCUT2D eigenvalue weighted by Crippen LogP contribution is 2.19. The molecule has 1 unspecified atom stereocenters. The van der Waals surface area contributed by atoms with Crippen LogP contribution in [0.25, 0.3) is 0 Å². The molecule has 128 valence electrons. The van der Waals surface area contributed by atoms with E-state index in [1.807, 2.05) is 19.1 Å². The molecule has 2 aromatic rings. The summed E-state index contributed by atoms with van der Waals surface area (Å²) in [6.07, 6.45) is 3.82. The smallest absolute Gasteiger partial charge is 0.319 e. The van der Waals surface area contributed by atoms with Gasteiger partial charge in [0.1, 0.15) is 24.3 Å². The normalized spacial score (nSPS) is 16.8. The fraction of sp³-hybridized carbons (Fsp3) is 0.412. The molecule has 1 aliphatic rings. The average Bonchev–Trinajstić information content (AvgIpc) is 3.23. The second-order valence-corrected chi connectivity index (χ2v) is 5.73. The number of hydrogen-bond acceptors (Lipinski definition) is 5. The van der Waals surface area contributed by atoms with Crippen LogP contribution in [0.15, 0.2) is 35.1 Å².